The zero-order valence-corrected chi connectivity index (χ0v) is 17.8. The molecule has 1 unspecified atom stereocenters. The summed E-state index contributed by atoms with van der Waals surface area (Å²) in [5.41, 5.74) is 2.36. The molecule has 2 N–H and O–H groups in total. The Bertz CT molecular complexity index is 1430. The average Bonchev–Trinajstić information content (AvgIpc) is 3.14. The van der Waals surface area contributed by atoms with Gasteiger partial charge in [-0.15, -0.1) is 0 Å². The summed E-state index contributed by atoms with van der Waals surface area (Å²) in [6.07, 6.45) is 0.824. The van der Waals surface area contributed by atoms with Gasteiger partial charge in [-0.2, -0.15) is 0 Å². The number of benzene rings is 2. The molecule has 0 amide bonds. The molecule has 4 aromatic rings. The van der Waals surface area contributed by atoms with Gasteiger partial charge in [0.05, 0.1) is 11.7 Å². The summed E-state index contributed by atoms with van der Waals surface area (Å²) in [6, 6.07) is 14.0. The fraction of sp³-hybridized carbons (Fsp3) is 0.217. The molecule has 2 aromatic carbocycles. The number of para-hydroxylation sites is 1. The molecule has 5 rings (SSSR count). The Morgan fingerprint density at radius 2 is 1.77 bits per heavy atom. The number of hydrogen-bond acceptors (Lipinski definition) is 4. The van der Waals surface area contributed by atoms with Crippen LogP contribution in [0.25, 0.3) is 16.6 Å². The Morgan fingerprint density at radius 1 is 1.06 bits per heavy atom. The smallest absolute Gasteiger partial charge is 0.338 e. The van der Waals surface area contributed by atoms with Gasteiger partial charge in [0.2, 0.25) is 5.88 Å². The number of fused-ring (bicyclic) bond motifs is 3. The number of aromatic nitrogens is 3. The number of aromatic hydroxyl groups is 1. The first-order chi connectivity index (χ1) is 14.9. The summed E-state index contributed by atoms with van der Waals surface area (Å²) >= 11 is 5.98. The van der Waals surface area contributed by atoms with Crippen LogP contribution >= 0.6 is 11.6 Å². The first-order valence-electron chi connectivity index (χ1n) is 9.99. The molecular formula is C23H21ClN4O3. The van der Waals surface area contributed by atoms with E-state index in [0.29, 0.717) is 17.3 Å². The van der Waals surface area contributed by atoms with Gasteiger partial charge in [-0.3, -0.25) is 14.3 Å². The van der Waals surface area contributed by atoms with E-state index in [1.54, 1.807) is 24.3 Å². The molecule has 1 aliphatic rings. The van der Waals surface area contributed by atoms with Gasteiger partial charge < -0.3 is 10.1 Å². The maximum atomic E-state index is 13.6. The second kappa shape index (κ2) is 7.14. The number of likely N-dealkylation sites (N-methyl/N-ethyl adjacent to an activating group) is 1. The fourth-order valence-corrected chi connectivity index (χ4v) is 4.63. The van der Waals surface area contributed by atoms with E-state index < -0.39 is 17.3 Å². The molecule has 0 spiro atoms. The monoisotopic (exact) mass is 436 g/mol. The third-order valence-corrected chi connectivity index (χ3v) is 6.36. The Kier molecular flexibility index (Phi) is 4.53. The standard InChI is InChI=1S/C23H21ClN4O3/c1-26-12-11-16-15-5-3-4-6-17(15)25-19(16)20(26)18-21(29)27(2)23(31)28(22(18)30)14-9-7-13(24)8-10-14/h3-10,20,25,29H,11-12H2,1-2H3. The Balaban J connectivity index is 1.81. The molecule has 0 bridgehead atoms. The van der Waals surface area contributed by atoms with Crippen LogP contribution in [0.15, 0.2) is 58.1 Å². The van der Waals surface area contributed by atoms with Crippen molar-refractivity contribution in [3.8, 4) is 11.6 Å². The third kappa shape index (κ3) is 2.92. The van der Waals surface area contributed by atoms with Crippen molar-refractivity contribution in [1.82, 2.24) is 19.0 Å². The molecule has 1 atom stereocenters. The Hall–Kier alpha value is -3.29. The minimum atomic E-state index is -0.621. The molecule has 0 saturated carbocycles. The van der Waals surface area contributed by atoms with Gasteiger partial charge in [-0.25, -0.2) is 9.36 Å². The highest BCUT2D eigenvalue weighted by Crippen LogP contribution is 2.38. The zero-order chi connectivity index (χ0) is 21.9. The topological polar surface area (TPSA) is 83.3 Å². The fourth-order valence-electron chi connectivity index (χ4n) is 4.51. The van der Waals surface area contributed by atoms with Crippen LogP contribution in [0.1, 0.15) is 22.9 Å². The molecule has 0 aliphatic carbocycles. The summed E-state index contributed by atoms with van der Waals surface area (Å²) in [7, 11) is 3.37. The molecule has 158 valence electrons. The van der Waals surface area contributed by atoms with Crippen LogP contribution in [0.4, 0.5) is 0 Å². The molecule has 2 aromatic heterocycles. The van der Waals surface area contributed by atoms with E-state index in [0.717, 1.165) is 37.7 Å². The third-order valence-electron chi connectivity index (χ3n) is 6.10. The minimum Gasteiger partial charge on any atom is -0.494 e. The van der Waals surface area contributed by atoms with Gasteiger partial charge in [0.1, 0.15) is 5.56 Å². The molecule has 0 fully saturated rings. The van der Waals surface area contributed by atoms with Gasteiger partial charge in [0.25, 0.3) is 5.56 Å². The second-order valence-electron chi connectivity index (χ2n) is 7.89. The van der Waals surface area contributed by atoms with Gasteiger partial charge in [0, 0.05) is 35.2 Å². The van der Waals surface area contributed by atoms with Crippen LogP contribution in [-0.4, -0.2) is 37.7 Å². The summed E-state index contributed by atoms with van der Waals surface area (Å²) in [6.45, 7) is 0.710. The predicted octanol–water partition coefficient (Wildman–Crippen LogP) is 2.95. The van der Waals surface area contributed by atoms with E-state index in [1.807, 2.05) is 30.1 Å². The lowest BCUT2D eigenvalue weighted by Gasteiger charge is -2.33. The van der Waals surface area contributed by atoms with Crippen LogP contribution in [0, 0.1) is 0 Å². The maximum Gasteiger partial charge on any atom is 0.338 e. The Morgan fingerprint density at radius 3 is 2.52 bits per heavy atom. The van der Waals surface area contributed by atoms with Crippen molar-refractivity contribution in [3.05, 3.63) is 91.2 Å². The SMILES string of the molecule is CN1CCc2c([nH]c3ccccc23)C1c1c(O)n(C)c(=O)n(-c2ccc(Cl)cc2)c1=O. The van der Waals surface area contributed by atoms with Gasteiger partial charge >= 0.3 is 5.69 Å². The highest BCUT2D eigenvalue weighted by molar-refractivity contribution is 6.30. The van der Waals surface area contributed by atoms with Crippen molar-refractivity contribution in [2.75, 3.05) is 13.6 Å². The van der Waals surface area contributed by atoms with Gasteiger partial charge in [-0.05, 0) is 49.4 Å². The van der Waals surface area contributed by atoms with Crippen molar-refractivity contribution in [1.29, 1.82) is 0 Å². The number of rotatable bonds is 2. The van der Waals surface area contributed by atoms with Gasteiger partial charge in [0.15, 0.2) is 0 Å². The van der Waals surface area contributed by atoms with Crippen LogP contribution < -0.4 is 11.2 Å². The van der Waals surface area contributed by atoms with Crippen molar-refractivity contribution in [2.45, 2.75) is 12.5 Å². The lowest BCUT2D eigenvalue weighted by molar-refractivity contribution is 0.250. The minimum absolute atomic E-state index is 0.159. The van der Waals surface area contributed by atoms with E-state index in [4.69, 9.17) is 11.6 Å². The van der Waals surface area contributed by atoms with Crippen molar-refractivity contribution in [2.24, 2.45) is 7.05 Å². The number of nitrogens with one attached hydrogen (secondary N) is 1. The number of halogens is 1. The summed E-state index contributed by atoms with van der Waals surface area (Å²) in [4.78, 5) is 32.0. The van der Waals surface area contributed by atoms with E-state index in [-0.39, 0.29) is 11.4 Å². The van der Waals surface area contributed by atoms with Crippen LogP contribution in [0.2, 0.25) is 5.02 Å². The van der Waals surface area contributed by atoms with E-state index in [2.05, 4.69) is 11.1 Å². The van der Waals surface area contributed by atoms with E-state index in [9.17, 15) is 14.7 Å². The van der Waals surface area contributed by atoms with Crippen LogP contribution in [0.5, 0.6) is 5.88 Å². The number of aromatic amines is 1. The van der Waals surface area contributed by atoms with E-state index in [1.165, 1.54) is 7.05 Å². The normalized spacial score (nSPS) is 16.5. The predicted molar refractivity (Wildman–Crippen MR) is 120 cm³/mol. The first kappa shape index (κ1) is 19.7. The molecule has 0 radical (unpaired) electrons. The number of nitrogens with zero attached hydrogens (tertiary/aromatic N) is 3. The summed E-state index contributed by atoms with van der Waals surface area (Å²) < 4.78 is 2.19. The van der Waals surface area contributed by atoms with Crippen molar-refractivity contribution < 1.29 is 5.11 Å². The molecule has 31 heavy (non-hydrogen) atoms. The molecular weight excluding hydrogens is 416 g/mol. The van der Waals surface area contributed by atoms with Crippen LogP contribution in [-0.2, 0) is 13.5 Å². The first-order valence-corrected chi connectivity index (χ1v) is 10.4. The molecule has 8 heteroatoms. The summed E-state index contributed by atoms with van der Waals surface area (Å²) in [5, 5.41) is 12.5. The molecule has 0 saturated heterocycles. The lowest BCUT2D eigenvalue weighted by atomic mass is 9.93. The van der Waals surface area contributed by atoms with Crippen molar-refractivity contribution in [3.63, 3.8) is 0 Å². The highest BCUT2D eigenvalue weighted by Gasteiger charge is 2.35. The van der Waals surface area contributed by atoms with Gasteiger partial charge in [-0.1, -0.05) is 29.8 Å². The zero-order valence-electron chi connectivity index (χ0n) is 17.1. The molecule has 7 nitrogen and oxygen atoms in total. The van der Waals surface area contributed by atoms with Crippen molar-refractivity contribution >= 4 is 22.5 Å². The molecule has 3 heterocycles. The summed E-state index contributed by atoms with van der Waals surface area (Å²) in [5.74, 6) is -0.330. The molecule has 1 aliphatic heterocycles. The van der Waals surface area contributed by atoms with E-state index >= 15 is 0 Å². The number of H-pyrrole nitrogens is 1. The maximum absolute atomic E-state index is 13.6. The average molecular weight is 437 g/mol. The second-order valence-corrected chi connectivity index (χ2v) is 8.33. The number of hydrogen-bond donors (Lipinski definition) is 2. The quantitative estimate of drug-likeness (QED) is 0.506. The largest absolute Gasteiger partial charge is 0.494 e. The highest BCUT2D eigenvalue weighted by atomic mass is 35.5. The van der Waals surface area contributed by atoms with Crippen LogP contribution in [0.3, 0.4) is 0 Å². The lowest BCUT2D eigenvalue weighted by Crippen LogP contribution is -2.43. The Labute approximate surface area is 182 Å².